The highest BCUT2D eigenvalue weighted by atomic mass is 16.5. The van der Waals surface area contributed by atoms with Gasteiger partial charge < -0.3 is 14.6 Å². The van der Waals surface area contributed by atoms with E-state index in [9.17, 15) is 9.90 Å². The number of fused-ring (bicyclic) bond motifs is 1. The fraction of sp³-hybridized carbons (Fsp3) is 0.250. The predicted molar refractivity (Wildman–Crippen MR) is 92.6 cm³/mol. The van der Waals surface area contributed by atoms with Gasteiger partial charge in [0.25, 0.3) is 0 Å². The summed E-state index contributed by atoms with van der Waals surface area (Å²) in [5.74, 6) is 1.05. The molecule has 0 bridgehead atoms. The van der Waals surface area contributed by atoms with Crippen LogP contribution in [0.2, 0.25) is 0 Å². The summed E-state index contributed by atoms with van der Waals surface area (Å²) in [7, 11) is 1.58. The lowest BCUT2D eigenvalue weighted by Crippen LogP contribution is -2.35. The van der Waals surface area contributed by atoms with Crippen molar-refractivity contribution >= 4 is 11.5 Å². The highest BCUT2D eigenvalue weighted by Gasteiger charge is 2.36. The van der Waals surface area contributed by atoms with Gasteiger partial charge in [0.15, 0.2) is 5.78 Å². The number of hydrogen-bond donors (Lipinski definition) is 1. The normalized spacial score (nSPS) is 18.8. The fourth-order valence-electron chi connectivity index (χ4n) is 2.84. The number of benzene rings is 2. The molecule has 0 spiro atoms. The van der Waals surface area contributed by atoms with Gasteiger partial charge in [-0.15, -0.1) is 0 Å². The van der Waals surface area contributed by atoms with Gasteiger partial charge in [-0.05, 0) is 42.3 Å². The van der Waals surface area contributed by atoms with E-state index in [1.54, 1.807) is 49.6 Å². The first kappa shape index (κ1) is 16.1. The van der Waals surface area contributed by atoms with Gasteiger partial charge in [-0.25, -0.2) is 0 Å². The Morgan fingerprint density at radius 1 is 1.12 bits per heavy atom. The van der Waals surface area contributed by atoms with E-state index in [4.69, 9.17) is 9.47 Å². The van der Waals surface area contributed by atoms with Crippen LogP contribution in [-0.4, -0.2) is 24.1 Å². The first-order valence-electron chi connectivity index (χ1n) is 7.91. The Labute approximate surface area is 141 Å². The van der Waals surface area contributed by atoms with Gasteiger partial charge >= 0.3 is 0 Å². The molecular formula is C20H20O4. The zero-order valence-corrected chi connectivity index (χ0v) is 13.9. The molecular weight excluding hydrogens is 304 g/mol. The molecule has 0 saturated heterocycles. The molecule has 0 radical (unpaired) electrons. The van der Waals surface area contributed by atoms with Gasteiger partial charge in [-0.1, -0.05) is 26.0 Å². The molecule has 1 N–H and O–H groups in total. The van der Waals surface area contributed by atoms with Crippen molar-refractivity contribution in [1.29, 1.82) is 0 Å². The topological polar surface area (TPSA) is 55.8 Å². The fourth-order valence-corrected chi connectivity index (χ4v) is 2.84. The van der Waals surface area contributed by atoms with Crippen molar-refractivity contribution < 1.29 is 19.4 Å². The van der Waals surface area contributed by atoms with Crippen LogP contribution in [0.4, 0.5) is 0 Å². The van der Waals surface area contributed by atoms with Crippen LogP contribution in [0.1, 0.15) is 29.8 Å². The molecule has 0 aromatic heterocycles. The van der Waals surface area contributed by atoms with E-state index in [0.717, 1.165) is 0 Å². The lowest BCUT2D eigenvalue weighted by atomic mass is 9.87. The quantitative estimate of drug-likeness (QED) is 0.677. The smallest absolute Gasteiger partial charge is 0.200 e. The average Bonchev–Trinajstić information content (AvgIpc) is 2.61. The minimum absolute atomic E-state index is 0.0395. The summed E-state index contributed by atoms with van der Waals surface area (Å²) in [6, 6.07) is 14.1. The van der Waals surface area contributed by atoms with E-state index in [-0.39, 0.29) is 17.5 Å². The Bertz CT molecular complexity index is 788. The zero-order valence-electron chi connectivity index (χ0n) is 13.9. The van der Waals surface area contributed by atoms with Crippen molar-refractivity contribution in [3.63, 3.8) is 0 Å². The standard InChI is InChI=1S/C20H20O4/c1-12(2)20-17(18(21)13-8-10-14(23-3)11-9-13)19(22)15-6-4-5-7-16(15)24-20/h4-12,20-21H,1-3H3/b18-17-. The number of hydrogen-bond acceptors (Lipinski definition) is 4. The maximum Gasteiger partial charge on any atom is 0.200 e. The molecule has 24 heavy (non-hydrogen) atoms. The van der Waals surface area contributed by atoms with Gasteiger partial charge in [-0.3, -0.25) is 4.79 Å². The van der Waals surface area contributed by atoms with Crippen molar-refractivity contribution in [2.45, 2.75) is 20.0 Å². The number of rotatable bonds is 3. The number of Topliss-reactive ketones (excluding diaryl/α,β-unsaturated/α-hetero) is 1. The van der Waals surface area contributed by atoms with Gasteiger partial charge in [0.05, 0.1) is 18.2 Å². The van der Waals surface area contributed by atoms with Crippen molar-refractivity contribution in [3.05, 3.63) is 65.2 Å². The predicted octanol–water partition coefficient (Wildman–Crippen LogP) is 4.26. The number of methoxy groups -OCH3 is 1. The van der Waals surface area contributed by atoms with Gasteiger partial charge in [0.1, 0.15) is 23.4 Å². The minimum Gasteiger partial charge on any atom is -0.507 e. The van der Waals surface area contributed by atoms with E-state index >= 15 is 0 Å². The van der Waals surface area contributed by atoms with E-state index in [1.165, 1.54) is 0 Å². The molecule has 4 nitrogen and oxygen atoms in total. The number of aliphatic hydroxyl groups is 1. The lowest BCUT2D eigenvalue weighted by molar-refractivity contribution is 0.0922. The maximum atomic E-state index is 12.9. The molecule has 1 aliphatic heterocycles. The molecule has 0 aliphatic carbocycles. The van der Waals surface area contributed by atoms with Crippen molar-refractivity contribution in [1.82, 2.24) is 0 Å². The van der Waals surface area contributed by atoms with Crippen LogP contribution in [0.25, 0.3) is 5.76 Å². The SMILES string of the molecule is COc1ccc(/C(O)=C2\C(=O)c3ccccc3OC2C(C)C)cc1. The molecule has 1 aliphatic rings. The second-order valence-corrected chi connectivity index (χ2v) is 6.10. The number of ketones is 1. The Hall–Kier alpha value is -2.75. The zero-order chi connectivity index (χ0) is 17.3. The Morgan fingerprint density at radius 2 is 1.79 bits per heavy atom. The summed E-state index contributed by atoms with van der Waals surface area (Å²) >= 11 is 0. The summed E-state index contributed by atoms with van der Waals surface area (Å²) in [5, 5.41) is 10.8. The number of carbonyl (C=O) groups excluding carboxylic acids is 1. The average molecular weight is 324 g/mol. The van der Waals surface area contributed by atoms with Crippen LogP contribution in [0.5, 0.6) is 11.5 Å². The van der Waals surface area contributed by atoms with Crippen molar-refractivity contribution in [2.75, 3.05) is 7.11 Å². The summed E-state index contributed by atoms with van der Waals surface area (Å²) < 4.78 is 11.1. The number of carbonyl (C=O) groups is 1. The molecule has 124 valence electrons. The molecule has 3 rings (SSSR count). The molecule has 1 atom stereocenters. The first-order chi connectivity index (χ1) is 11.5. The van der Waals surface area contributed by atoms with E-state index in [0.29, 0.717) is 28.2 Å². The van der Waals surface area contributed by atoms with E-state index in [1.807, 2.05) is 19.9 Å². The third-order valence-electron chi connectivity index (χ3n) is 4.14. The Kier molecular flexibility index (Phi) is 4.30. The molecule has 0 amide bonds. The third kappa shape index (κ3) is 2.75. The number of para-hydroxylation sites is 1. The second-order valence-electron chi connectivity index (χ2n) is 6.10. The highest BCUT2D eigenvalue weighted by molar-refractivity contribution is 6.15. The summed E-state index contributed by atoms with van der Waals surface area (Å²) in [6.45, 7) is 3.93. The highest BCUT2D eigenvalue weighted by Crippen LogP contribution is 2.36. The molecule has 0 saturated carbocycles. The van der Waals surface area contributed by atoms with Gasteiger partial charge in [0.2, 0.25) is 0 Å². The van der Waals surface area contributed by atoms with Crippen LogP contribution < -0.4 is 9.47 Å². The third-order valence-corrected chi connectivity index (χ3v) is 4.14. The summed E-state index contributed by atoms with van der Waals surface area (Å²) in [6.07, 6.45) is -0.491. The van der Waals surface area contributed by atoms with Gasteiger partial charge in [-0.2, -0.15) is 0 Å². The molecule has 2 aromatic carbocycles. The molecule has 0 fully saturated rings. The van der Waals surface area contributed by atoms with E-state index < -0.39 is 6.10 Å². The molecule has 2 aromatic rings. The molecule has 1 heterocycles. The minimum atomic E-state index is -0.491. The maximum absolute atomic E-state index is 12.9. The van der Waals surface area contributed by atoms with E-state index in [2.05, 4.69) is 0 Å². The van der Waals surface area contributed by atoms with Crippen molar-refractivity contribution in [2.24, 2.45) is 5.92 Å². The summed E-state index contributed by atoms with van der Waals surface area (Å²) in [4.78, 5) is 12.9. The second kappa shape index (κ2) is 6.40. The number of ether oxygens (including phenoxy) is 2. The monoisotopic (exact) mass is 324 g/mol. The van der Waals surface area contributed by atoms with Crippen molar-refractivity contribution in [3.8, 4) is 11.5 Å². The summed E-state index contributed by atoms with van der Waals surface area (Å²) in [5.41, 5.74) is 1.34. The van der Waals surface area contributed by atoms with Gasteiger partial charge in [0, 0.05) is 5.56 Å². The van der Waals surface area contributed by atoms with Crippen LogP contribution in [0.3, 0.4) is 0 Å². The van der Waals surface area contributed by atoms with Crippen LogP contribution in [0, 0.1) is 5.92 Å². The van der Waals surface area contributed by atoms with Crippen LogP contribution >= 0.6 is 0 Å². The largest absolute Gasteiger partial charge is 0.507 e. The lowest BCUT2D eigenvalue weighted by Gasteiger charge is -2.31. The Balaban J connectivity index is 2.12. The number of aliphatic hydroxyl groups excluding tert-OH is 1. The Morgan fingerprint density at radius 3 is 2.42 bits per heavy atom. The van der Waals surface area contributed by atoms with Crippen LogP contribution in [-0.2, 0) is 0 Å². The first-order valence-corrected chi connectivity index (χ1v) is 7.91. The molecule has 4 heteroatoms. The molecule has 1 unspecified atom stereocenters. The van der Waals surface area contributed by atoms with Crippen LogP contribution in [0.15, 0.2) is 54.1 Å².